The molecule has 0 spiro atoms. The summed E-state index contributed by atoms with van der Waals surface area (Å²) >= 11 is 3.46. The van der Waals surface area contributed by atoms with Gasteiger partial charge in [-0.05, 0) is 43.8 Å². The molecule has 20 heavy (non-hydrogen) atoms. The van der Waals surface area contributed by atoms with E-state index in [0.717, 1.165) is 35.5 Å². The molecule has 1 N–H and O–H groups in total. The van der Waals surface area contributed by atoms with E-state index in [1.165, 1.54) is 5.56 Å². The molecular weight excluding hydrogens is 314 g/mol. The fourth-order valence-corrected chi connectivity index (χ4v) is 2.38. The van der Waals surface area contributed by atoms with Gasteiger partial charge in [0.05, 0.1) is 5.69 Å². The quantitative estimate of drug-likeness (QED) is 0.868. The van der Waals surface area contributed by atoms with Crippen LogP contribution in [-0.4, -0.2) is 23.5 Å². The molecule has 2 aromatic rings. The summed E-state index contributed by atoms with van der Waals surface area (Å²) in [6, 6.07) is 12.6. The predicted octanol–water partition coefficient (Wildman–Crippen LogP) is 3.91. The number of halogens is 1. The average molecular weight is 334 g/mol. The molecule has 2 rings (SSSR count). The van der Waals surface area contributed by atoms with Gasteiger partial charge in [0.1, 0.15) is 0 Å². The van der Waals surface area contributed by atoms with Crippen molar-refractivity contribution in [3.63, 3.8) is 0 Å². The van der Waals surface area contributed by atoms with E-state index in [0.29, 0.717) is 0 Å². The number of hydrogen-bond acceptors (Lipinski definition) is 3. The number of nitrogens with one attached hydrogen (secondary N) is 1. The van der Waals surface area contributed by atoms with Crippen LogP contribution < -0.4 is 5.32 Å². The molecule has 0 saturated carbocycles. The summed E-state index contributed by atoms with van der Waals surface area (Å²) in [4.78, 5) is 6.69. The minimum atomic E-state index is 0.843. The number of hydrogen-bond donors (Lipinski definition) is 1. The van der Waals surface area contributed by atoms with Crippen LogP contribution in [0.4, 0.5) is 5.69 Å². The second-order valence-electron chi connectivity index (χ2n) is 4.86. The fraction of sp³-hybridized carbons (Fsp3) is 0.312. The summed E-state index contributed by atoms with van der Waals surface area (Å²) in [6.45, 7) is 4.79. The Bertz CT molecular complexity index is 540. The van der Waals surface area contributed by atoms with Crippen molar-refractivity contribution < 1.29 is 0 Å². The first-order chi connectivity index (χ1) is 9.67. The molecule has 1 aromatic carbocycles. The van der Waals surface area contributed by atoms with Crippen LogP contribution in [0.15, 0.2) is 47.1 Å². The summed E-state index contributed by atoms with van der Waals surface area (Å²) < 4.78 is 1.11. The fourth-order valence-electron chi connectivity index (χ4n) is 2.11. The first-order valence-electron chi connectivity index (χ1n) is 6.79. The maximum Gasteiger partial charge on any atom is 0.0564 e. The van der Waals surface area contributed by atoms with Crippen molar-refractivity contribution in [1.29, 1.82) is 0 Å². The number of anilines is 1. The summed E-state index contributed by atoms with van der Waals surface area (Å²) in [5, 5.41) is 3.31. The van der Waals surface area contributed by atoms with Crippen LogP contribution in [0.2, 0.25) is 0 Å². The summed E-state index contributed by atoms with van der Waals surface area (Å²) in [7, 11) is 2.11. The molecule has 0 saturated heterocycles. The smallest absolute Gasteiger partial charge is 0.0564 e. The van der Waals surface area contributed by atoms with Gasteiger partial charge in [-0.1, -0.05) is 28.1 Å². The number of aromatic nitrogens is 1. The molecule has 4 heteroatoms. The molecule has 1 heterocycles. The molecule has 0 atom stereocenters. The van der Waals surface area contributed by atoms with Crippen LogP contribution in [0.3, 0.4) is 0 Å². The van der Waals surface area contributed by atoms with Crippen LogP contribution in [0.25, 0.3) is 0 Å². The van der Waals surface area contributed by atoms with Crippen molar-refractivity contribution >= 4 is 21.6 Å². The van der Waals surface area contributed by atoms with E-state index in [4.69, 9.17) is 0 Å². The molecule has 0 unspecified atom stereocenters. The molecule has 0 aliphatic carbocycles. The van der Waals surface area contributed by atoms with Crippen LogP contribution in [0.5, 0.6) is 0 Å². The van der Waals surface area contributed by atoms with E-state index in [2.05, 4.69) is 75.4 Å². The van der Waals surface area contributed by atoms with E-state index in [-0.39, 0.29) is 0 Å². The van der Waals surface area contributed by atoms with Crippen molar-refractivity contribution in [2.45, 2.75) is 20.0 Å². The highest BCUT2D eigenvalue weighted by Gasteiger charge is 2.04. The maximum atomic E-state index is 4.43. The van der Waals surface area contributed by atoms with Crippen molar-refractivity contribution in [3.05, 3.63) is 58.3 Å². The van der Waals surface area contributed by atoms with Crippen LogP contribution in [0, 0.1) is 0 Å². The van der Waals surface area contributed by atoms with Gasteiger partial charge < -0.3 is 5.32 Å². The molecule has 0 bridgehead atoms. The van der Waals surface area contributed by atoms with Gasteiger partial charge in [-0.25, -0.2) is 0 Å². The minimum absolute atomic E-state index is 0.843. The summed E-state index contributed by atoms with van der Waals surface area (Å²) in [5.41, 5.74) is 3.52. The SMILES string of the molecule is CCNc1ccnc(CN(C)Cc2ccc(Br)cc2)c1. The Morgan fingerprint density at radius 1 is 1.15 bits per heavy atom. The third-order valence-corrected chi connectivity index (χ3v) is 3.52. The Morgan fingerprint density at radius 2 is 1.90 bits per heavy atom. The topological polar surface area (TPSA) is 28.2 Å². The largest absolute Gasteiger partial charge is 0.385 e. The van der Waals surface area contributed by atoms with Crippen LogP contribution >= 0.6 is 15.9 Å². The van der Waals surface area contributed by atoms with Gasteiger partial charge in [0.25, 0.3) is 0 Å². The van der Waals surface area contributed by atoms with Gasteiger partial charge in [-0.2, -0.15) is 0 Å². The van der Waals surface area contributed by atoms with E-state index in [1.807, 2.05) is 12.3 Å². The zero-order valence-corrected chi connectivity index (χ0v) is 13.5. The summed E-state index contributed by atoms with van der Waals surface area (Å²) in [5.74, 6) is 0. The number of rotatable bonds is 6. The number of nitrogens with zero attached hydrogens (tertiary/aromatic N) is 2. The van der Waals surface area contributed by atoms with E-state index in [1.54, 1.807) is 0 Å². The lowest BCUT2D eigenvalue weighted by molar-refractivity contribution is 0.315. The van der Waals surface area contributed by atoms with Gasteiger partial charge in [0.15, 0.2) is 0 Å². The third-order valence-electron chi connectivity index (χ3n) is 3.00. The highest BCUT2D eigenvalue weighted by molar-refractivity contribution is 9.10. The second kappa shape index (κ2) is 7.41. The molecule has 1 aromatic heterocycles. The minimum Gasteiger partial charge on any atom is -0.385 e. The highest BCUT2D eigenvalue weighted by Crippen LogP contribution is 2.14. The predicted molar refractivity (Wildman–Crippen MR) is 87.7 cm³/mol. The van der Waals surface area contributed by atoms with Crippen molar-refractivity contribution in [1.82, 2.24) is 9.88 Å². The lowest BCUT2D eigenvalue weighted by atomic mass is 10.2. The first-order valence-corrected chi connectivity index (χ1v) is 7.58. The Balaban J connectivity index is 1.95. The molecule has 0 radical (unpaired) electrons. The van der Waals surface area contributed by atoms with E-state index in [9.17, 15) is 0 Å². The monoisotopic (exact) mass is 333 g/mol. The Hall–Kier alpha value is -1.39. The summed E-state index contributed by atoms with van der Waals surface area (Å²) in [6.07, 6.45) is 1.86. The Kier molecular flexibility index (Phi) is 5.56. The molecule has 0 fully saturated rings. The third kappa shape index (κ3) is 4.62. The number of benzene rings is 1. The lowest BCUT2D eigenvalue weighted by Gasteiger charge is -2.17. The maximum absolute atomic E-state index is 4.43. The Labute approximate surface area is 129 Å². The van der Waals surface area contributed by atoms with Crippen LogP contribution in [0.1, 0.15) is 18.2 Å². The number of pyridine rings is 1. The molecule has 0 aliphatic rings. The van der Waals surface area contributed by atoms with Crippen LogP contribution in [-0.2, 0) is 13.1 Å². The second-order valence-corrected chi connectivity index (χ2v) is 5.78. The zero-order valence-electron chi connectivity index (χ0n) is 11.9. The molecular formula is C16H20BrN3. The average Bonchev–Trinajstić information content (AvgIpc) is 2.42. The van der Waals surface area contributed by atoms with E-state index < -0.39 is 0 Å². The van der Waals surface area contributed by atoms with E-state index >= 15 is 0 Å². The van der Waals surface area contributed by atoms with Crippen molar-refractivity contribution in [2.75, 3.05) is 18.9 Å². The molecule has 0 amide bonds. The highest BCUT2D eigenvalue weighted by atomic mass is 79.9. The lowest BCUT2D eigenvalue weighted by Crippen LogP contribution is -2.18. The normalized spacial score (nSPS) is 10.8. The zero-order chi connectivity index (χ0) is 14.4. The Morgan fingerprint density at radius 3 is 2.60 bits per heavy atom. The van der Waals surface area contributed by atoms with Gasteiger partial charge in [-0.15, -0.1) is 0 Å². The van der Waals surface area contributed by atoms with Gasteiger partial charge in [0, 0.05) is 36.0 Å². The van der Waals surface area contributed by atoms with Crippen molar-refractivity contribution in [2.24, 2.45) is 0 Å². The molecule has 106 valence electrons. The van der Waals surface area contributed by atoms with Gasteiger partial charge in [-0.3, -0.25) is 9.88 Å². The molecule has 0 aliphatic heterocycles. The van der Waals surface area contributed by atoms with Gasteiger partial charge in [0.2, 0.25) is 0 Å². The molecule has 3 nitrogen and oxygen atoms in total. The standard InChI is InChI=1S/C16H20BrN3/c1-3-18-15-8-9-19-16(10-15)12-20(2)11-13-4-6-14(17)7-5-13/h4-10H,3,11-12H2,1-2H3,(H,18,19). The van der Waals surface area contributed by atoms with Gasteiger partial charge >= 0.3 is 0 Å². The van der Waals surface area contributed by atoms with Crippen molar-refractivity contribution in [3.8, 4) is 0 Å². The first kappa shape index (κ1) is 15.0.